The molecule has 0 radical (unpaired) electrons. The van der Waals surface area contributed by atoms with Crippen LogP contribution in [0.5, 0.6) is 5.75 Å². The normalized spacial score (nSPS) is 32.8. The van der Waals surface area contributed by atoms with E-state index in [2.05, 4.69) is 13.0 Å². The zero-order valence-corrected chi connectivity index (χ0v) is 19.7. The second kappa shape index (κ2) is 7.98. The lowest BCUT2D eigenvalue weighted by atomic mass is 9.55. The monoisotopic (exact) mass is 472 g/mol. The molecule has 1 unspecified atom stereocenters. The van der Waals surface area contributed by atoms with E-state index in [9.17, 15) is 16.8 Å². The zero-order valence-electron chi connectivity index (χ0n) is 18.0. The van der Waals surface area contributed by atoms with Crippen LogP contribution in [0.1, 0.15) is 75.0 Å². The van der Waals surface area contributed by atoms with E-state index in [1.165, 1.54) is 5.56 Å². The highest BCUT2D eigenvalue weighted by atomic mass is 32.2. The second-order valence-corrected chi connectivity index (χ2v) is 11.9. The van der Waals surface area contributed by atoms with Gasteiger partial charge in [-0.05, 0) is 90.9 Å². The average molecular weight is 473 g/mol. The van der Waals surface area contributed by atoms with Crippen molar-refractivity contribution >= 4 is 20.6 Å². The first kappa shape index (κ1) is 23.0. The molecule has 174 valence electrons. The highest BCUT2D eigenvalue weighted by molar-refractivity contribution is 7.84. The Kier molecular flexibility index (Phi) is 5.92. The molecule has 0 heterocycles. The minimum atomic E-state index is -4.08. The van der Waals surface area contributed by atoms with E-state index in [0.29, 0.717) is 36.3 Å². The second-order valence-electron chi connectivity index (χ2n) is 9.60. The van der Waals surface area contributed by atoms with Crippen molar-refractivity contribution in [1.82, 2.24) is 0 Å². The van der Waals surface area contributed by atoms with Crippen molar-refractivity contribution in [3.63, 3.8) is 0 Å². The van der Waals surface area contributed by atoms with Crippen LogP contribution in [-0.4, -0.2) is 22.9 Å². The van der Waals surface area contributed by atoms with Crippen LogP contribution < -0.4 is 14.5 Å². The first-order valence-electron chi connectivity index (χ1n) is 11.0. The molecule has 0 spiro atoms. The lowest BCUT2D eigenvalue weighted by molar-refractivity contribution is -0.00803. The smallest absolute Gasteiger partial charge is 0.371 e. The molecule has 10 heteroatoms. The third kappa shape index (κ3) is 4.50. The Labute approximate surface area is 185 Å². The van der Waals surface area contributed by atoms with Crippen molar-refractivity contribution in [3.05, 3.63) is 28.8 Å². The summed E-state index contributed by atoms with van der Waals surface area (Å²) in [5.74, 6) is 1.53. The molecule has 0 aromatic heterocycles. The molecule has 31 heavy (non-hydrogen) atoms. The predicted octanol–water partition coefficient (Wildman–Crippen LogP) is 2.67. The molecule has 2 fully saturated rings. The molecule has 4 N–H and O–H groups in total. The highest BCUT2D eigenvalue weighted by Crippen LogP contribution is 2.61. The summed E-state index contributed by atoms with van der Waals surface area (Å²) in [5, 5.41) is 10.3. The van der Waals surface area contributed by atoms with E-state index in [1.54, 1.807) is 0 Å². The summed E-state index contributed by atoms with van der Waals surface area (Å²) in [5.41, 5.74) is 3.07. The fourth-order valence-electron chi connectivity index (χ4n) is 6.59. The molecular formula is C21H32N2O6S2. The summed E-state index contributed by atoms with van der Waals surface area (Å²) in [6, 6.07) is 3.97. The van der Waals surface area contributed by atoms with Crippen molar-refractivity contribution in [3.8, 4) is 5.75 Å². The van der Waals surface area contributed by atoms with Crippen LogP contribution in [-0.2, 0) is 37.6 Å². The molecule has 5 atom stereocenters. The van der Waals surface area contributed by atoms with Crippen molar-refractivity contribution in [2.75, 3.05) is 0 Å². The molecule has 8 nitrogen and oxygen atoms in total. The van der Waals surface area contributed by atoms with E-state index in [-0.39, 0.29) is 11.5 Å². The highest BCUT2D eigenvalue weighted by Gasteiger charge is 2.56. The van der Waals surface area contributed by atoms with Crippen LogP contribution in [0, 0.1) is 17.3 Å². The van der Waals surface area contributed by atoms with Crippen LogP contribution in [0.25, 0.3) is 0 Å². The minimum absolute atomic E-state index is 0.200. The third-order valence-electron chi connectivity index (χ3n) is 7.79. The third-order valence-corrected chi connectivity index (χ3v) is 8.71. The molecule has 1 aromatic carbocycles. The van der Waals surface area contributed by atoms with Crippen LogP contribution in [0.3, 0.4) is 0 Å². The van der Waals surface area contributed by atoms with Gasteiger partial charge in [0, 0.05) is 0 Å². The molecule has 0 saturated heterocycles. The molecule has 4 rings (SSSR count). The van der Waals surface area contributed by atoms with Gasteiger partial charge in [0.25, 0.3) is 0 Å². The van der Waals surface area contributed by atoms with Crippen LogP contribution in [0.2, 0.25) is 0 Å². The lowest BCUT2D eigenvalue weighted by Gasteiger charge is -2.50. The Hall–Kier alpha value is -1.20. The first-order valence-corrected chi connectivity index (χ1v) is 13.9. The van der Waals surface area contributed by atoms with Gasteiger partial charge in [-0.15, -0.1) is 0 Å². The summed E-state index contributed by atoms with van der Waals surface area (Å²) < 4.78 is 56.6. The van der Waals surface area contributed by atoms with Crippen molar-refractivity contribution in [2.24, 2.45) is 27.5 Å². The fourth-order valence-corrected chi connectivity index (χ4v) is 7.63. The Balaban J connectivity index is 1.66. The van der Waals surface area contributed by atoms with Crippen molar-refractivity contribution < 1.29 is 25.2 Å². The van der Waals surface area contributed by atoms with Gasteiger partial charge in [-0.2, -0.15) is 22.0 Å². The number of nitrogens with two attached hydrogens (primary N) is 2. The Morgan fingerprint density at radius 3 is 2.45 bits per heavy atom. The molecule has 0 bridgehead atoms. The van der Waals surface area contributed by atoms with Gasteiger partial charge in [-0.25, -0.2) is 5.14 Å². The van der Waals surface area contributed by atoms with Gasteiger partial charge in [0.1, 0.15) is 5.75 Å². The quantitative estimate of drug-likeness (QED) is 0.652. The molecule has 0 amide bonds. The summed E-state index contributed by atoms with van der Waals surface area (Å²) in [6.07, 6.45) is 6.46. The van der Waals surface area contributed by atoms with E-state index in [1.807, 2.05) is 13.0 Å². The first-order chi connectivity index (χ1) is 14.4. The van der Waals surface area contributed by atoms with Gasteiger partial charge in [0.05, 0.1) is 6.10 Å². The van der Waals surface area contributed by atoms with Gasteiger partial charge in [-0.3, -0.25) is 4.18 Å². The maximum absolute atomic E-state index is 11.6. The number of hydrogen-bond acceptors (Lipinski definition) is 6. The topological polar surface area (TPSA) is 139 Å². The molecule has 3 aliphatic rings. The summed E-state index contributed by atoms with van der Waals surface area (Å²) in [7, 11) is -8.06. The number of hydrogen-bond donors (Lipinski definition) is 2. The van der Waals surface area contributed by atoms with E-state index in [4.69, 9.17) is 18.6 Å². The van der Waals surface area contributed by atoms with Gasteiger partial charge in [-0.1, -0.05) is 26.3 Å². The zero-order chi connectivity index (χ0) is 22.6. The average Bonchev–Trinajstić information content (AvgIpc) is 2.96. The van der Waals surface area contributed by atoms with E-state index in [0.717, 1.165) is 49.7 Å². The van der Waals surface area contributed by atoms with Gasteiger partial charge >= 0.3 is 20.6 Å². The van der Waals surface area contributed by atoms with Gasteiger partial charge in [0.15, 0.2) is 0 Å². The maximum atomic E-state index is 11.6. The summed E-state index contributed by atoms with van der Waals surface area (Å²) in [6.45, 7) is 4.19. The SMILES string of the molecule is CCCc1cc2c(cc1OS(N)(=O)=O)CC[C@@H]1[C@@H]2CC[C@]2(C)C(OS(N)(=O)=O)CC[C@@H]12. The number of fused-ring (bicyclic) bond motifs is 5. The summed E-state index contributed by atoms with van der Waals surface area (Å²) >= 11 is 0. The Bertz CT molecular complexity index is 1070. The maximum Gasteiger partial charge on any atom is 0.380 e. The van der Waals surface area contributed by atoms with E-state index >= 15 is 0 Å². The predicted molar refractivity (Wildman–Crippen MR) is 117 cm³/mol. The van der Waals surface area contributed by atoms with Crippen LogP contribution >= 0.6 is 0 Å². The molecular weight excluding hydrogens is 440 g/mol. The lowest BCUT2D eigenvalue weighted by Crippen LogP contribution is -2.45. The largest absolute Gasteiger partial charge is 0.380 e. The van der Waals surface area contributed by atoms with Crippen molar-refractivity contribution in [1.29, 1.82) is 0 Å². The van der Waals surface area contributed by atoms with Gasteiger partial charge in [0.2, 0.25) is 0 Å². The Morgan fingerprint density at radius 2 is 1.81 bits per heavy atom. The molecule has 0 aliphatic heterocycles. The molecule has 3 aliphatic carbocycles. The standard InChI is InChI=1S/C21H32N2O6S2/c1-3-4-14-11-17-13(12-19(14)28-30(22,24)25)5-6-16-15(17)9-10-21(2)18(16)7-8-20(21)29-31(23,26)27/h11-12,15-16,18,20H,3-10H2,1-2H3,(H2,22,24,25)(H2,23,26,27)/t15-,16+,18-,20?,21-/m0/s1. The number of benzene rings is 1. The molecule has 2 saturated carbocycles. The van der Waals surface area contributed by atoms with Crippen LogP contribution in [0.15, 0.2) is 12.1 Å². The van der Waals surface area contributed by atoms with Gasteiger partial charge < -0.3 is 4.18 Å². The number of rotatable bonds is 6. The fraction of sp³-hybridized carbons (Fsp3) is 0.714. The van der Waals surface area contributed by atoms with Crippen LogP contribution in [0.4, 0.5) is 0 Å². The summed E-state index contributed by atoms with van der Waals surface area (Å²) in [4.78, 5) is 0. The Morgan fingerprint density at radius 1 is 1.06 bits per heavy atom. The van der Waals surface area contributed by atoms with Crippen molar-refractivity contribution in [2.45, 2.75) is 77.2 Å². The molecule has 1 aromatic rings. The minimum Gasteiger partial charge on any atom is -0.371 e. The number of aryl methyl sites for hydroxylation is 2. The van der Waals surface area contributed by atoms with E-state index < -0.39 is 20.6 Å².